The first-order valence-electron chi connectivity index (χ1n) is 6.74. The maximum Gasteiger partial charge on any atom is 0.255 e. The second-order valence-electron chi connectivity index (χ2n) is 5.00. The molecule has 0 aliphatic heterocycles. The Labute approximate surface area is 135 Å². The van der Waals surface area contributed by atoms with E-state index in [0.717, 1.165) is 5.56 Å². The summed E-state index contributed by atoms with van der Waals surface area (Å²) in [5.74, 6) is 0.0227. The number of nitrogens with one attached hydrogen (secondary N) is 2. The van der Waals surface area contributed by atoms with E-state index in [1.54, 1.807) is 19.1 Å². The molecule has 0 aliphatic carbocycles. The van der Waals surface area contributed by atoms with Crippen LogP contribution in [-0.4, -0.2) is 22.1 Å². The zero-order valence-electron chi connectivity index (χ0n) is 13.3. The van der Waals surface area contributed by atoms with Crippen molar-refractivity contribution in [3.05, 3.63) is 46.0 Å². The number of halogens is 1. The van der Waals surface area contributed by atoms with Crippen molar-refractivity contribution in [2.75, 3.05) is 23.4 Å². The second kappa shape index (κ2) is 6.82. The van der Waals surface area contributed by atoms with E-state index in [-0.39, 0.29) is 22.8 Å². The molecule has 0 amide bonds. The van der Waals surface area contributed by atoms with Gasteiger partial charge in [0.05, 0.1) is 12.8 Å². The highest BCUT2D eigenvalue weighted by Crippen LogP contribution is 2.33. The summed E-state index contributed by atoms with van der Waals surface area (Å²) in [6.07, 6.45) is 1.45. The molecule has 1 aromatic heterocycles. The Morgan fingerprint density at radius 2 is 2.00 bits per heavy atom. The topological polar surface area (TPSA) is 72.4 Å². The minimum absolute atomic E-state index is 0.198. The number of rotatable bonds is 5. The van der Waals surface area contributed by atoms with Gasteiger partial charge in [-0.1, -0.05) is 6.07 Å². The van der Waals surface area contributed by atoms with E-state index in [1.807, 2.05) is 0 Å². The fourth-order valence-corrected chi connectivity index (χ4v) is 2.56. The zero-order chi connectivity index (χ0) is 17.1. The number of anilines is 3. The van der Waals surface area contributed by atoms with Crippen LogP contribution in [0, 0.1) is 12.7 Å². The summed E-state index contributed by atoms with van der Waals surface area (Å²) in [6.45, 7) is 1.78. The summed E-state index contributed by atoms with van der Waals surface area (Å²) >= 11 is 0. The number of methoxy groups -OCH3 is 1. The third-order valence-corrected chi connectivity index (χ3v) is 3.74. The van der Waals surface area contributed by atoms with E-state index in [0.29, 0.717) is 5.69 Å². The number of pyridine rings is 1. The molecule has 1 heterocycles. The average molecular weight is 339 g/mol. The van der Waals surface area contributed by atoms with Gasteiger partial charge < -0.3 is 10.1 Å². The van der Waals surface area contributed by atoms with Gasteiger partial charge in [0.2, 0.25) is 0 Å². The minimum Gasteiger partial charge on any atom is -0.494 e. The fraction of sp³-hybridized carbons (Fsp3) is 0.267. The number of nitrogens with zero attached hydrogens (tertiary/aromatic N) is 1. The molecule has 2 aromatic rings. The van der Waals surface area contributed by atoms with Crippen molar-refractivity contribution in [3.8, 4) is 5.75 Å². The van der Waals surface area contributed by atoms with Crippen molar-refractivity contribution in [1.82, 2.24) is 4.57 Å². The Kier molecular flexibility index (Phi) is 5.05. The van der Waals surface area contributed by atoms with Gasteiger partial charge in [-0.2, -0.15) is 0 Å². The van der Waals surface area contributed by atoms with Gasteiger partial charge in [-0.15, -0.1) is 0 Å². The Balaban J connectivity index is 2.61. The molecule has 0 bridgehead atoms. The Morgan fingerprint density at radius 3 is 2.57 bits per heavy atom. The number of aromatic nitrogens is 1. The smallest absolute Gasteiger partial charge is 0.255 e. The zero-order valence-corrected chi connectivity index (χ0v) is 14.1. The Bertz CT molecular complexity index is 820. The lowest BCUT2D eigenvalue weighted by Gasteiger charge is -2.19. The van der Waals surface area contributed by atoms with Crippen molar-refractivity contribution in [1.29, 1.82) is 0 Å². The van der Waals surface area contributed by atoms with Crippen LogP contribution in [0.15, 0.2) is 29.1 Å². The van der Waals surface area contributed by atoms with Gasteiger partial charge in [0.1, 0.15) is 28.3 Å². The number of ether oxygens (including phenoxy) is 1. The third-order valence-electron chi connectivity index (χ3n) is 3.25. The summed E-state index contributed by atoms with van der Waals surface area (Å²) in [7, 11) is 1.53. The van der Waals surface area contributed by atoms with Gasteiger partial charge in [-0.05, 0) is 24.6 Å². The van der Waals surface area contributed by atoms with Gasteiger partial charge in [-0.3, -0.25) is 14.1 Å². The standard InChI is InChI=1S/C15H18FN3O3S/c1-9-5-6-11(10(16)7-9)17-15-14(18-23(4)21)12(22-3)8-13(20)19(15)2/h5-8,17-18H,1-4H3. The first-order chi connectivity index (χ1) is 10.8. The molecule has 2 rings (SSSR count). The highest BCUT2D eigenvalue weighted by atomic mass is 32.2. The van der Waals surface area contributed by atoms with E-state index >= 15 is 0 Å². The van der Waals surface area contributed by atoms with Crippen molar-refractivity contribution in [3.63, 3.8) is 0 Å². The van der Waals surface area contributed by atoms with Crippen LogP contribution in [0.5, 0.6) is 5.75 Å². The molecular weight excluding hydrogens is 321 g/mol. The van der Waals surface area contributed by atoms with Gasteiger partial charge >= 0.3 is 0 Å². The maximum absolute atomic E-state index is 14.1. The summed E-state index contributed by atoms with van der Waals surface area (Å²) in [5, 5.41) is 2.87. The minimum atomic E-state index is -1.40. The molecular formula is C15H18FN3O3S. The van der Waals surface area contributed by atoms with Crippen molar-refractivity contribution < 1.29 is 13.3 Å². The Hall–Kier alpha value is -2.35. The lowest BCUT2D eigenvalue weighted by atomic mass is 10.2. The second-order valence-corrected chi connectivity index (χ2v) is 6.11. The normalized spacial score (nSPS) is 11.9. The molecule has 1 unspecified atom stereocenters. The van der Waals surface area contributed by atoms with Crippen molar-refractivity contribution in [2.24, 2.45) is 7.05 Å². The monoisotopic (exact) mass is 339 g/mol. The summed E-state index contributed by atoms with van der Waals surface area (Å²) in [4.78, 5) is 12.0. The molecule has 0 spiro atoms. The van der Waals surface area contributed by atoms with Crippen LogP contribution in [-0.2, 0) is 18.0 Å². The van der Waals surface area contributed by atoms with Gasteiger partial charge in [-0.25, -0.2) is 8.60 Å². The molecule has 8 heteroatoms. The molecule has 2 N–H and O–H groups in total. The van der Waals surface area contributed by atoms with Crippen LogP contribution in [0.1, 0.15) is 5.56 Å². The van der Waals surface area contributed by atoms with E-state index in [9.17, 15) is 13.4 Å². The van der Waals surface area contributed by atoms with Crippen LogP contribution in [0.2, 0.25) is 0 Å². The molecule has 124 valence electrons. The summed E-state index contributed by atoms with van der Waals surface area (Å²) in [6, 6.07) is 5.97. The molecule has 0 aliphatic rings. The maximum atomic E-state index is 14.1. The van der Waals surface area contributed by atoms with E-state index < -0.39 is 16.8 Å². The SMILES string of the molecule is COc1cc(=O)n(C)c(Nc2ccc(C)cc2F)c1NS(C)=O. The highest BCUT2D eigenvalue weighted by molar-refractivity contribution is 7.85. The van der Waals surface area contributed by atoms with E-state index in [2.05, 4.69) is 10.0 Å². The molecule has 23 heavy (non-hydrogen) atoms. The lowest BCUT2D eigenvalue weighted by molar-refractivity contribution is 0.415. The van der Waals surface area contributed by atoms with E-state index in [4.69, 9.17) is 4.74 Å². The first-order valence-corrected chi connectivity index (χ1v) is 8.30. The number of hydrogen-bond acceptors (Lipinski definition) is 4. The molecule has 0 saturated carbocycles. The van der Waals surface area contributed by atoms with Crippen molar-refractivity contribution in [2.45, 2.75) is 6.92 Å². The van der Waals surface area contributed by atoms with E-state index in [1.165, 1.54) is 37.1 Å². The number of benzene rings is 1. The fourth-order valence-electron chi connectivity index (χ4n) is 2.07. The van der Waals surface area contributed by atoms with Crippen molar-refractivity contribution >= 4 is 28.2 Å². The third kappa shape index (κ3) is 3.70. The molecule has 1 atom stereocenters. The van der Waals surface area contributed by atoms with Gasteiger partial charge in [0, 0.05) is 19.4 Å². The predicted molar refractivity (Wildman–Crippen MR) is 90.3 cm³/mol. The van der Waals surface area contributed by atoms with Crippen LogP contribution in [0.25, 0.3) is 0 Å². The average Bonchev–Trinajstić information content (AvgIpc) is 2.48. The quantitative estimate of drug-likeness (QED) is 0.877. The lowest BCUT2D eigenvalue weighted by Crippen LogP contribution is -2.21. The van der Waals surface area contributed by atoms with Crippen LogP contribution < -0.4 is 20.3 Å². The molecule has 1 aromatic carbocycles. The summed E-state index contributed by atoms with van der Waals surface area (Å²) < 4.78 is 34.8. The van der Waals surface area contributed by atoms with Crippen LogP contribution in [0.4, 0.5) is 21.6 Å². The Morgan fingerprint density at radius 1 is 1.30 bits per heavy atom. The molecule has 0 fully saturated rings. The highest BCUT2D eigenvalue weighted by Gasteiger charge is 2.17. The van der Waals surface area contributed by atoms with Gasteiger partial charge in [0.25, 0.3) is 5.56 Å². The number of aryl methyl sites for hydroxylation is 1. The first kappa shape index (κ1) is 17.0. The number of hydrogen-bond donors (Lipinski definition) is 2. The molecule has 0 saturated heterocycles. The summed E-state index contributed by atoms with van der Waals surface area (Å²) in [5.41, 5.74) is 0.948. The van der Waals surface area contributed by atoms with Crippen LogP contribution in [0.3, 0.4) is 0 Å². The molecule has 6 nitrogen and oxygen atoms in total. The van der Waals surface area contributed by atoms with Crippen LogP contribution >= 0.6 is 0 Å². The predicted octanol–water partition coefficient (Wildman–Crippen LogP) is 2.29. The largest absolute Gasteiger partial charge is 0.494 e. The van der Waals surface area contributed by atoms with Gasteiger partial charge in [0.15, 0.2) is 5.75 Å². The molecule has 0 radical (unpaired) electrons.